The number of amides is 1. The standard InChI is InChI=1S/C21H25N3O3/c1-15-3-4-18(11-16(15)2)23-20(25)17-12-19(14-22-13-17)24-7-5-21(6-8-24)26-9-10-27-21/h3-4,11-14H,5-10H2,1-2H3,(H,23,25). The molecular formula is C21H25N3O3. The Kier molecular flexibility index (Phi) is 4.85. The first-order chi connectivity index (χ1) is 13.0. The number of nitrogens with one attached hydrogen (secondary N) is 1. The molecule has 6 nitrogen and oxygen atoms in total. The van der Waals surface area contributed by atoms with Gasteiger partial charge in [0.2, 0.25) is 0 Å². The van der Waals surface area contributed by atoms with E-state index in [0.717, 1.165) is 42.9 Å². The maximum Gasteiger partial charge on any atom is 0.257 e. The molecule has 27 heavy (non-hydrogen) atoms. The number of aryl methyl sites for hydroxylation is 2. The minimum absolute atomic E-state index is 0.149. The zero-order valence-corrected chi connectivity index (χ0v) is 15.8. The van der Waals surface area contributed by atoms with Crippen LogP contribution in [0.1, 0.15) is 34.3 Å². The summed E-state index contributed by atoms with van der Waals surface area (Å²) < 4.78 is 11.6. The first kappa shape index (κ1) is 17.9. The molecule has 2 fully saturated rings. The van der Waals surface area contributed by atoms with Gasteiger partial charge >= 0.3 is 0 Å². The number of carbonyl (C=O) groups is 1. The Balaban J connectivity index is 1.44. The van der Waals surface area contributed by atoms with Crippen LogP contribution in [0.15, 0.2) is 36.7 Å². The van der Waals surface area contributed by atoms with Crippen LogP contribution in [-0.4, -0.2) is 43.0 Å². The van der Waals surface area contributed by atoms with Crippen LogP contribution in [0.5, 0.6) is 0 Å². The van der Waals surface area contributed by atoms with Crippen molar-refractivity contribution < 1.29 is 14.3 Å². The van der Waals surface area contributed by atoms with Crippen molar-refractivity contribution >= 4 is 17.3 Å². The van der Waals surface area contributed by atoms with Crippen LogP contribution in [0.2, 0.25) is 0 Å². The zero-order valence-electron chi connectivity index (χ0n) is 15.8. The minimum Gasteiger partial charge on any atom is -0.370 e. The van der Waals surface area contributed by atoms with E-state index in [4.69, 9.17) is 9.47 Å². The van der Waals surface area contributed by atoms with Crippen LogP contribution in [0.3, 0.4) is 0 Å². The Bertz CT molecular complexity index is 836. The average molecular weight is 367 g/mol. The molecule has 1 aromatic carbocycles. The predicted molar refractivity (Wildman–Crippen MR) is 104 cm³/mol. The Morgan fingerprint density at radius 3 is 2.52 bits per heavy atom. The van der Waals surface area contributed by atoms with Gasteiger partial charge in [0.05, 0.1) is 30.7 Å². The first-order valence-corrected chi connectivity index (χ1v) is 9.41. The molecule has 1 amide bonds. The van der Waals surface area contributed by atoms with E-state index in [2.05, 4.69) is 22.1 Å². The topological polar surface area (TPSA) is 63.7 Å². The molecule has 6 heteroatoms. The highest BCUT2D eigenvalue weighted by Crippen LogP contribution is 2.33. The second-order valence-corrected chi connectivity index (χ2v) is 7.28. The number of ether oxygens (including phenoxy) is 2. The minimum atomic E-state index is -0.401. The van der Waals surface area contributed by atoms with Crippen LogP contribution < -0.4 is 10.2 Å². The number of rotatable bonds is 3. The number of pyridine rings is 1. The average Bonchev–Trinajstić information content (AvgIpc) is 3.13. The van der Waals surface area contributed by atoms with Crippen LogP contribution in [-0.2, 0) is 9.47 Å². The van der Waals surface area contributed by atoms with E-state index in [1.165, 1.54) is 5.56 Å². The Hall–Kier alpha value is -2.44. The summed E-state index contributed by atoms with van der Waals surface area (Å²) in [7, 11) is 0. The fourth-order valence-electron chi connectivity index (χ4n) is 3.64. The van der Waals surface area contributed by atoms with Crippen molar-refractivity contribution in [2.75, 3.05) is 36.5 Å². The van der Waals surface area contributed by atoms with Gasteiger partial charge in [-0.1, -0.05) is 6.07 Å². The molecule has 1 N–H and O–H groups in total. The van der Waals surface area contributed by atoms with Gasteiger partial charge in [-0.25, -0.2) is 0 Å². The lowest BCUT2D eigenvalue weighted by Crippen LogP contribution is -2.45. The number of aromatic nitrogens is 1. The van der Waals surface area contributed by atoms with E-state index in [1.807, 2.05) is 31.2 Å². The van der Waals surface area contributed by atoms with E-state index < -0.39 is 5.79 Å². The molecule has 3 heterocycles. The van der Waals surface area contributed by atoms with Crippen molar-refractivity contribution in [3.8, 4) is 0 Å². The summed E-state index contributed by atoms with van der Waals surface area (Å²) in [5.41, 5.74) is 4.66. The molecule has 0 saturated carbocycles. The number of hydrogen-bond acceptors (Lipinski definition) is 5. The number of benzene rings is 1. The third-order valence-electron chi connectivity index (χ3n) is 5.45. The van der Waals surface area contributed by atoms with Crippen LogP contribution in [0.25, 0.3) is 0 Å². The molecule has 2 saturated heterocycles. The molecule has 142 valence electrons. The van der Waals surface area contributed by atoms with Crippen molar-refractivity contribution in [1.82, 2.24) is 4.98 Å². The molecule has 2 aromatic rings. The van der Waals surface area contributed by atoms with Gasteiger partial charge in [-0.3, -0.25) is 9.78 Å². The molecule has 2 aliphatic heterocycles. The largest absolute Gasteiger partial charge is 0.370 e. The third-order valence-corrected chi connectivity index (χ3v) is 5.45. The van der Waals surface area contributed by atoms with Gasteiger partial charge < -0.3 is 19.7 Å². The lowest BCUT2D eigenvalue weighted by Gasteiger charge is -2.38. The summed E-state index contributed by atoms with van der Waals surface area (Å²) in [6.07, 6.45) is 5.06. The molecule has 0 radical (unpaired) electrons. The second-order valence-electron chi connectivity index (χ2n) is 7.28. The smallest absolute Gasteiger partial charge is 0.257 e. The fraction of sp³-hybridized carbons (Fsp3) is 0.429. The molecule has 1 spiro atoms. The van der Waals surface area contributed by atoms with Crippen molar-refractivity contribution in [3.63, 3.8) is 0 Å². The van der Waals surface area contributed by atoms with E-state index in [-0.39, 0.29) is 5.91 Å². The predicted octanol–water partition coefficient (Wildman–Crippen LogP) is 3.29. The van der Waals surface area contributed by atoms with Crippen LogP contribution in [0, 0.1) is 13.8 Å². The number of nitrogens with zero attached hydrogens (tertiary/aromatic N) is 2. The summed E-state index contributed by atoms with van der Waals surface area (Å²) in [5.74, 6) is -0.550. The summed E-state index contributed by atoms with van der Waals surface area (Å²) in [5, 5.41) is 2.96. The number of carbonyl (C=O) groups excluding carboxylic acids is 1. The van der Waals surface area contributed by atoms with Gasteiger partial charge in [0.25, 0.3) is 5.91 Å². The second kappa shape index (κ2) is 7.29. The van der Waals surface area contributed by atoms with Gasteiger partial charge in [-0.05, 0) is 43.2 Å². The Morgan fingerprint density at radius 2 is 1.81 bits per heavy atom. The fourth-order valence-corrected chi connectivity index (χ4v) is 3.64. The van der Waals surface area contributed by atoms with Gasteiger partial charge in [0, 0.05) is 37.8 Å². The normalized spacial score (nSPS) is 18.7. The lowest BCUT2D eigenvalue weighted by atomic mass is 10.0. The van der Waals surface area contributed by atoms with Gasteiger partial charge in [0.1, 0.15) is 0 Å². The molecule has 4 rings (SSSR count). The van der Waals surface area contributed by atoms with E-state index >= 15 is 0 Å². The van der Waals surface area contributed by atoms with Gasteiger partial charge in [0.15, 0.2) is 5.79 Å². The van der Waals surface area contributed by atoms with E-state index in [1.54, 1.807) is 12.4 Å². The van der Waals surface area contributed by atoms with Crippen molar-refractivity contribution in [2.24, 2.45) is 0 Å². The van der Waals surface area contributed by atoms with E-state index in [9.17, 15) is 4.79 Å². The number of anilines is 2. The van der Waals surface area contributed by atoms with Crippen molar-refractivity contribution in [1.29, 1.82) is 0 Å². The lowest BCUT2D eigenvalue weighted by molar-refractivity contribution is -0.169. The maximum absolute atomic E-state index is 12.6. The molecular weight excluding hydrogens is 342 g/mol. The molecule has 0 aliphatic carbocycles. The highest BCUT2D eigenvalue weighted by Gasteiger charge is 2.39. The van der Waals surface area contributed by atoms with Crippen molar-refractivity contribution in [3.05, 3.63) is 53.3 Å². The molecule has 0 bridgehead atoms. The monoisotopic (exact) mass is 367 g/mol. The quantitative estimate of drug-likeness (QED) is 0.902. The summed E-state index contributed by atoms with van der Waals surface area (Å²) >= 11 is 0. The van der Waals surface area contributed by atoms with Crippen LogP contribution >= 0.6 is 0 Å². The molecule has 0 atom stereocenters. The maximum atomic E-state index is 12.6. The molecule has 0 unspecified atom stereocenters. The SMILES string of the molecule is Cc1ccc(NC(=O)c2cncc(N3CCC4(CC3)OCCO4)c2)cc1C. The summed E-state index contributed by atoms with van der Waals surface area (Å²) in [6, 6.07) is 7.81. The van der Waals surface area contributed by atoms with Gasteiger partial charge in [-0.15, -0.1) is 0 Å². The first-order valence-electron chi connectivity index (χ1n) is 9.41. The highest BCUT2D eigenvalue weighted by molar-refractivity contribution is 6.04. The zero-order chi connectivity index (χ0) is 18.9. The summed E-state index contributed by atoms with van der Waals surface area (Å²) in [6.45, 7) is 7.09. The Morgan fingerprint density at radius 1 is 1.07 bits per heavy atom. The van der Waals surface area contributed by atoms with E-state index in [0.29, 0.717) is 18.8 Å². The summed E-state index contributed by atoms with van der Waals surface area (Å²) in [4.78, 5) is 19.2. The third kappa shape index (κ3) is 3.82. The van der Waals surface area contributed by atoms with Crippen LogP contribution in [0.4, 0.5) is 11.4 Å². The van der Waals surface area contributed by atoms with Gasteiger partial charge in [-0.2, -0.15) is 0 Å². The highest BCUT2D eigenvalue weighted by atomic mass is 16.7. The molecule has 1 aromatic heterocycles. The number of piperidine rings is 1. The Labute approximate surface area is 159 Å². The molecule has 2 aliphatic rings. The van der Waals surface area contributed by atoms with Crippen molar-refractivity contribution in [2.45, 2.75) is 32.5 Å². The number of hydrogen-bond donors (Lipinski definition) is 1.